The second kappa shape index (κ2) is 3.56. The molecular weight excluding hydrogens is 198 g/mol. The van der Waals surface area contributed by atoms with Gasteiger partial charge in [0.2, 0.25) is 0 Å². The molecule has 0 unspecified atom stereocenters. The molecule has 0 aliphatic carbocycles. The van der Waals surface area contributed by atoms with Crippen molar-refractivity contribution in [3.8, 4) is 0 Å². The molecule has 0 saturated heterocycles. The summed E-state index contributed by atoms with van der Waals surface area (Å²) in [7, 11) is 0. The zero-order valence-electron chi connectivity index (χ0n) is 9.27. The minimum atomic E-state index is -0.736. The van der Waals surface area contributed by atoms with Gasteiger partial charge in [0.05, 0.1) is 6.04 Å². The predicted molar refractivity (Wildman–Crippen MR) is 53.3 cm³/mol. The zero-order valence-corrected chi connectivity index (χ0v) is 9.27. The SMILES string of the molecule is C[C@H]1C(O)=CC(=O)N1C(=O)OC(C)(C)C. The fraction of sp³-hybridized carbons (Fsp3) is 0.600. The maximum absolute atomic E-state index is 11.6. The number of hydrogen-bond acceptors (Lipinski definition) is 4. The molecule has 0 saturated carbocycles. The summed E-state index contributed by atoms with van der Waals surface area (Å²) < 4.78 is 5.03. The van der Waals surface area contributed by atoms with Gasteiger partial charge in [-0.1, -0.05) is 0 Å². The number of imide groups is 1. The Labute approximate surface area is 88.3 Å². The first-order valence-corrected chi connectivity index (χ1v) is 4.69. The Bertz CT molecular complexity index is 327. The third kappa shape index (κ3) is 2.49. The highest BCUT2D eigenvalue weighted by Crippen LogP contribution is 2.20. The van der Waals surface area contributed by atoms with Crippen LogP contribution < -0.4 is 0 Å². The van der Waals surface area contributed by atoms with Crippen LogP contribution >= 0.6 is 0 Å². The summed E-state index contributed by atoms with van der Waals surface area (Å²) in [5.41, 5.74) is -0.657. The van der Waals surface area contributed by atoms with Gasteiger partial charge in [-0.3, -0.25) is 4.79 Å². The van der Waals surface area contributed by atoms with Crippen LogP contribution in [0.2, 0.25) is 0 Å². The fourth-order valence-electron chi connectivity index (χ4n) is 1.20. The first kappa shape index (κ1) is 11.6. The Kier molecular flexibility index (Phi) is 2.75. The van der Waals surface area contributed by atoms with E-state index < -0.39 is 23.6 Å². The number of carbonyl (C=O) groups excluding carboxylic acids is 2. The van der Waals surface area contributed by atoms with E-state index in [-0.39, 0.29) is 5.76 Å². The fourth-order valence-corrected chi connectivity index (χ4v) is 1.20. The van der Waals surface area contributed by atoms with Crippen molar-refractivity contribution in [2.75, 3.05) is 0 Å². The van der Waals surface area contributed by atoms with Crippen molar-refractivity contribution in [1.82, 2.24) is 4.90 Å². The smallest absolute Gasteiger partial charge is 0.417 e. The summed E-state index contributed by atoms with van der Waals surface area (Å²) in [6, 6.07) is -0.646. The predicted octanol–water partition coefficient (Wildman–Crippen LogP) is 1.59. The molecule has 5 heteroatoms. The summed E-state index contributed by atoms with van der Waals surface area (Å²) in [6.07, 6.45) is 0.287. The van der Waals surface area contributed by atoms with Crippen LogP contribution in [0.3, 0.4) is 0 Å². The first-order chi connectivity index (χ1) is 6.72. The number of carbonyl (C=O) groups is 2. The highest BCUT2D eigenvalue weighted by Gasteiger charge is 2.37. The number of aliphatic hydroxyl groups is 1. The Morgan fingerprint density at radius 1 is 1.53 bits per heavy atom. The lowest BCUT2D eigenvalue weighted by Gasteiger charge is -2.25. The molecule has 2 amide bonds. The molecule has 15 heavy (non-hydrogen) atoms. The van der Waals surface area contributed by atoms with Crippen LogP contribution in [-0.2, 0) is 9.53 Å². The standard InChI is InChI=1S/C10H15NO4/c1-6-7(12)5-8(13)11(6)9(14)15-10(2,3)4/h5-6,12H,1-4H3/t6-/m0/s1. The van der Waals surface area contributed by atoms with Crippen molar-refractivity contribution in [1.29, 1.82) is 0 Å². The van der Waals surface area contributed by atoms with Crippen LogP contribution in [0.5, 0.6) is 0 Å². The van der Waals surface area contributed by atoms with Crippen LogP contribution in [0.1, 0.15) is 27.7 Å². The number of nitrogens with zero attached hydrogens (tertiary/aromatic N) is 1. The maximum atomic E-state index is 11.6. The van der Waals surface area contributed by atoms with Gasteiger partial charge in [0.15, 0.2) is 0 Å². The summed E-state index contributed by atoms with van der Waals surface area (Å²) in [6.45, 7) is 6.69. The van der Waals surface area contributed by atoms with E-state index in [4.69, 9.17) is 4.74 Å². The second-order valence-corrected chi connectivity index (χ2v) is 4.43. The highest BCUT2D eigenvalue weighted by atomic mass is 16.6. The van der Waals surface area contributed by atoms with E-state index in [2.05, 4.69) is 0 Å². The molecular formula is C10H15NO4. The lowest BCUT2D eigenvalue weighted by atomic mass is 10.2. The molecule has 1 aliphatic rings. The second-order valence-electron chi connectivity index (χ2n) is 4.43. The largest absolute Gasteiger partial charge is 0.510 e. The summed E-state index contributed by atoms with van der Waals surface area (Å²) in [5.74, 6) is -0.667. The molecule has 1 N–H and O–H groups in total. The molecule has 1 heterocycles. The average molecular weight is 213 g/mol. The lowest BCUT2D eigenvalue weighted by Crippen LogP contribution is -2.42. The number of hydrogen-bond donors (Lipinski definition) is 1. The third-order valence-electron chi connectivity index (χ3n) is 1.91. The molecule has 0 aromatic heterocycles. The lowest BCUT2D eigenvalue weighted by molar-refractivity contribution is -0.125. The van der Waals surface area contributed by atoms with Gasteiger partial charge in [0.25, 0.3) is 5.91 Å². The van der Waals surface area contributed by atoms with Gasteiger partial charge in [0, 0.05) is 6.08 Å². The van der Waals surface area contributed by atoms with Crippen LogP contribution in [0.15, 0.2) is 11.8 Å². The normalized spacial score (nSPS) is 21.6. The van der Waals surface area contributed by atoms with Gasteiger partial charge in [-0.05, 0) is 27.7 Å². The van der Waals surface area contributed by atoms with Gasteiger partial charge >= 0.3 is 6.09 Å². The van der Waals surface area contributed by atoms with Crippen molar-refractivity contribution < 1.29 is 19.4 Å². The van der Waals surface area contributed by atoms with E-state index in [1.54, 1.807) is 27.7 Å². The summed E-state index contributed by atoms with van der Waals surface area (Å²) >= 11 is 0. The molecule has 0 bridgehead atoms. The molecule has 1 rings (SSSR count). The van der Waals surface area contributed by atoms with Crippen LogP contribution in [-0.4, -0.2) is 33.6 Å². The number of rotatable bonds is 0. The van der Waals surface area contributed by atoms with Crippen LogP contribution in [0.25, 0.3) is 0 Å². The molecule has 1 aliphatic heterocycles. The zero-order chi connectivity index (χ0) is 11.8. The molecule has 5 nitrogen and oxygen atoms in total. The highest BCUT2D eigenvalue weighted by molar-refractivity contribution is 6.01. The Morgan fingerprint density at radius 2 is 2.07 bits per heavy atom. The average Bonchev–Trinajstić information content (AvgIpc) is 2.22. The third-order valence-corrected chi connectivity index (χ3v) is 1.91. The minimum Gasteiger partial charge on any atom is -0.510 e. The van der Waals surface area contributed by atoms with Gasteiger partial charge in [-0.25, -0.2) is 9.69 Å². The van der Waals surface area contributed by atoms with Crippen molar-refractivity contribution in [2.24, 2.45) is 0 Å². The molecule has 84 valence electrons. The van der Waals surface area contributed by atoms with Crippen LogP contribution in [0, 0.1) is 0 Å². The number of aliphatic hydroxyl groups excluding tert-OH is 1. The first-order valence-electron chi connectivity index (χ1n) is 4.69. The Hall–Kier alpha value is -1.52. The Morgan fingerprint density at radius 3 is 2.40 bits per heavy atom. The maximum Gasteiger partial charge on any atom is 0.417 e. The van der Waals surface area contributed by atoms with Gasteiger partial charge in [-0.2, -0.15) is 0 Å². The summed E-state index contributed by atoms with van der Waals surface area (Å²) in [4.78, 5) is 23.8. The van der Waals surface area contributed by atoms with E-state index in [0.717, 1.165) is 11.0 Å². The number of ether oxygens (including phenoxy) is 1. The van der Waals surface area contributed by atoms with Gasteiger partial charge in [0.1, 0.15) is 11.4 Å². The number of amides is 2. The summed E-state index contributed by atoms with van der Waals surface area (Å²) in [5, 5.41) is 9.28. The van der Waals surface area contributed by atoms with Crippen molar-refractivity contribution in [2.45, 2.75) is 39.3 Å². The van der Waals surface area contributed by atoms with Gasteiger partial charge < -0.3 is 9.84 Å². The Balaban J connectivity index is 2.75. The molecule has 0 fully saturated rings. The van der Waals surface area contributed by atoms with E-state index in [1.807, 2.05) is 0 Å². The van der Waals surface area contributed by atoms with E-state index >= 15 is 0 Å². The van der Waals surface area contributed by atoms with Crippen molar-refractivity contribution >= 4 is 12.0 Å². The topological polar surface area (TPSA) is 66.8 Å². The monoisotopic (exact) mass is 213 g/mol. The molecule has 0 aromatic rings. The molecule has 0 radical (unpaired) electrons. The van der Waals surface area contributed by atoms with E-state index in [1.165, 1.54) is 0 Å². The molecule has 0 aromatic carbocycles. The minimum absolute atomic E-state index is 0.120. The molecule has 0 spiro atoms. The van der Waals surface area contributed by atoms with Crippen molar-refractivity contribution in [3.63, 3.8) is 0 Å². The van der Waals surface area contributed by atoms with Crippen molar-refractivity contribution in [3.05, 3.63) is 11.8 Å². The van der Waals surface area contributed by atoms with E-state index in [0.29, 0.717) is 0 Å². The molecule has 1 atom stereocenters. The van der Waals surface area contributed by atoms with Crippen LogP contribution in [0.4, 0.5) is 4.79 Å². The van der Waals surface area contributed by atoms with E-state index in [9.17, 15) is 14.7 Å². The van der Waals surface area contributed by atoms with Gasteiger partial charge in [-0.15, -0.1) is 0 Å². The quantitative estimate of drug-likeness (QED) is 0.663.